The third-order valence-corrected chi connectivity index (χ3v) is 4.43. The number of nitrogens with one attached hydrogen (secondary N) is 1. The lowest BCUT2D eigenvalue weighted by molar-refractivity contribution is 0.261. The van der Waals surface area contributed by atoms with Gasteiger partial charge in [-0.1, -0.05) is 5.16 Å². The molecule has 1 atom stereocenters. The van der Waals surface area contributed by atoms with E-state index < -0.39 is 0 Å². The Kier molecular flexibility index (Phi) is 4.47. The quantitative estimate of drug-likeness (QED) is 0.739. The van der Waals surface area contributed by atoms with Gasteiger partial charge in [-0.2, -0.15) is 4.98 Å². The van der Waals surface area contributed by atoms with E-state index in [0.717, 1.165) is 31.9 Å². The number of hydrogen-bond donors (Lipinski definition) is 1. The lowest BCUT2D eigenvalue weighted by Crippen LogP contribution is -2.23. The fraction of sp³-hybridized carbons (Fsp3) is 0.389. The molecule has 1 fully saturated rings. The topological polar surface area (TPSA) is 80.2 Å². The Morgan fingerprint density at radius 2 is 2.32 bits per heavy atom. The highest BCUT2D eigenvalue weighted by Gasteiger charge is 2.24. The number of aromatic nitrogens is 3. The predicted octanol–water partition coefficient (Wildman–Crippen LogP) is 2.97. The van der Waals surface area contributed by atoms with Gasteiger partial charge in [0, 0.05) is 19.3 Å². The zero-order chi connectivity index (χ0) is 17.1. The predicted molar refractivity (Wildman–Crippen MR) is 92.8 cm³/mol. The van der Waals surface area contributed by atoms with Crippen molar-refractivity contribution in [3.8, 4) is 11.6 Å². The minimum atomic E-state index is 0.503. The summed E-state index contributed by atoms with van der Waals surface area (Å²) in [7, 11) is 0. The van der Waals surface area contributed by atoms with Crippen LogP contribution in [-0.4, -0.2) is 39.7 Å². The van der Waals surface area contributed by atoms with Gasteiger partial charge in [-0.05, 0) is 55.6 Å². The molecular weight excluding hydrogens is 318 g/mol. The number of pyridine rings is 1. The molecule has 0 spiro atoms. The highest BCUT2D eigenvalue weighted by molar-refractivity contribution is 5.44. The van der Waals surface area contributed by atoms with E-state index in [2.05, 4.69) is 38.3 Å². The molecule has 0 aromatic carbocycles. The highest BCUT2D eigenvalue weighted by Crippen LogP contribution is 2.21. The van der Waals surface area contributed by atoms with E-state index in [9.17, 15) is 0 Å². The Labute approximate surface area is 146 Å². The van der Waals surface area contributed by atoms with Crippen molar-refractivity contribution in [1.82, 2.24) is 20.0 Å². The number of likely N-dealkylation sites (tertiary alicyclic amines) is 1. The maximum Gasteiger partial charge on any atom is 0.241 e. The summed E-state index contributed by atoms with van der Waals surface area (Å²) in [4.78, 5) is 11.1. The van der Waals surface area contributed by atoms with Gasteiger partial charge in [0.05, 0.1) is 12.8 Å². The maximum atomic E-state index is 5.34. The third kappa shape index (κ3) is 3.88. The number of aryl methyl sites for hydroxylation is 1. The average Bonchev–Trinajstić information content (AvgIpc) is 3.35. The van der Waals surface area contributed by atoms with Crippen LogP contribution >= 0.6 is 0 Å². The molecule has 0 saturated carbocycles. The first-order valence-corrected chi connectivity index (χ1v) is 8.51. The molecule has 1 unspecified atom stereocenters. The molecule has 1 aliphatic heterocycles. The van der Waals surface area contributed by atoms with Crippen LogP contribution in [0, 0.1) is 12.8 Å². The van der Waals surface area contributed by atoms with Crippen molar-refractivity contribution in [1.29, 1.82) is 0 Å². The summed E-state index contributed by atoms with van der Waals surface area (Å²) >= 11 is 0. The van der Waals surface area contributed by atoms with Crippen LogP contribution in [0.3, 0.4) is 0 Å². The summed E-state index contributed by atoms with van der Waals surface area (Å²) < 4.78 is 10.6. The van der Waals surface area contributed by atoms with Crippen molar-refractivity contribution in [3.05, 3.63) is 48.2 Å². The standard InChI is InChI=1S/C18H21N5O2/c1-13-4-6-19-16(9-13)20-10-14-5-7-23(11-14)12-17-21-18(22-25-17)15-3-2-8-24-15/h2-4,6,8-9,14H,5,7,10-12H2,1H3,(H,19,20). The molecule has 0 aliphatic carbocycles. The van der Waals surface area contributed by atoms with Gasteiger partial charge >= 0.3 is 0 Å². The Bertz CT molecular complexity index is 815. The van der Waals surface area contributed by atoms with Crippen molar-refractivity contribution in [2.45, 2.75) is 19.9 Å². The fourth-order valence-corrected chi connectivity index (χ4v) is 3.12. The van der Waals surface area contributed by atoms with Gasteiger partial charge in [0.15, 0.2) is 5.76 Å². The van der Waals surface area contributed by atoms with Gasteiger partial charge in [0.25, 0.3) is 0 Å². The van der Waals surface area contributed by atoms with Crippen LogP contribution in [0.25, 0.3) is 11.6 Å². The van der Waals surface area contributed by atoms with E-state index in [0.29, 0.717) is 29.9 Å². The van der Waals surface area contributed by atoms with Crippen LogP contribution in [0.2, 0.25) is 0 Å². The van der Waals surface area contributed by atoms with Gasteiger partial charge in [-0.25, -0.2) is 4.98 Å². The molecule has 3 aromatic rings. The summed E-state index contributed by atoms with van der Waals surface area (Å²) in [5.41, 5.74) is 1.22. The number of hydrogen-bond acceptors (Lipinski definition) is 7. The second-order valence-electron chi connectivity index (χ2n) is 6.48. The van der Waals surface area contributed by atoms with Crippen molar-refractivity contribution >= 4 is 5.82 Å². The summed E-state index contributed by atoms with van der Waals surface area (Å²) in [5.74, 6) is 3.29. The molecule has 3 aromatic heterocycles. The van der Waals surface area contributed by atoms with Gasteiger partial charge < -0.3 is 14.3 Å². The minimum Gasteiger partial charge on any atom is -0.461 e. The van der Waals surface area contributed by atoms with Gasteiger partial charge in [0.1, 0.15) is 5.82 Å². The first-order valence-electron chi connectivity index (χ1n) is 8.51. The van der Waals surface area contributed by atoms with Crippen LogP contribution in [-0.2, 0) is 6.54 Å². The lowest BCUT2D eigenvalue weighted by Gasteiger charge is -2.14. The molecule has 1 N–H and O–H groups in total. The van der Waals surface area contributed by atoms with E-state index in [1.54, 1.807) is 6.26 Å². The normalized spacial score (nSPS) is 17.9. The molecule has 4 heterocycles. The van der Waals surface area contributed by atoms with E-state index in [1.807, 2.05) is 24.4 Å². The molecule has 0 amide bonds. The van der Waals surface area contributed by atoms with Crippen molar-refractivity contribution < 1.29 is 8.94 Å². The summed E-state index contributed by atoms with van der Waals surface area (Å²) in [6.07, 6.45) is 4.59. The van der Waals surface area contributed by atoms with Crippen LogP contribution in [0.1, 0.15) is 17.9 Å². The Morgan fingerprint density at radius 1 is 1.36 bits per heavy atom. The minimum absolute atomic E-state index is 0.503. The smallest absolute Gasteiger partial charge is 0.241 e. The molecular formula is C18H21N5O2. The van der Waals surface area contributed by atoms with E-state index in [1.165, 1.54) is 5.56 Å². The Balaban J connectivity index is 1.28. The van der Waals surface area contributed by atoms with Gasteiger partial charge in [-0.15, -0.1) is 0 Å². The van der Waals surface area contributed by atoms with Crippen LogP contribution < -0.4 is 5.32 Å². The SMILES string of the molecule is Cc1ccnc(NCC2CCN(Cc3nc(-c4ccco4)no3)C2)c1. The summed E-state index contributed by atoms with van der Waals surface area (Å²) in [6, 6.07) is 7.71. The maximum absolute atomic E-state index is 5.34. The number of nitrogens with zero attached hydrogens (tertiary/aromatic N) is 4. The molecule has 0 bridgehead atoms. The summed E-state index contributed by atoms with van der Waals surface area (Å²) in [5, 5.41) is 7.41. The highest BCUT2D eigenvalue weighted by atomic mass is 16.5. The number of furan rings is 1. The van der Waals surface area contributed by atoms with Crippen molar-refractivity contribution in [2.24, 2.45) is 5.92 Å². The fourth-order valence-electron chi connectivity index (χ4n) is 3.12. The molecule has 4 rings (SSSR count). The second-order valence-corrected chi connectivity index (χ2v) is 6.48. The van der Waals surface area contributed by atoms with Crippen LogP contribution in [0.5, 0.6) is 0 Å². The van der Waals surface area contributed by atoms with E-state index >= 15 is 0 Å². The van der Waals surface area contributed by atoms with Crippen molar-refractivity contribution in [3.63, 3.8) is 0 Å². The van der Waals surface area contributed by atoms with Gasteiger partial charge in [-0.3, -0.25) is 4.90 Å². The molecule has 130 valence electrons. The van der Waals surface area contributed by atoms with E-state index in [4.69, 9.17) is 8.94 Å². The molecule has 25 heavy (non-hydrogen) atoms. The van der Waals surface area contributed by atoms with Gasteiger partial charge in [0.2, 0.25) is 11.7 Å². The molecule has 7 heteroatoms. The lowest BCUT2D eigenvalue weighted by atomic mass is 10.1. The van der Waals surface area contributed by atoms with Crippen LogP contribution in [0.15, 0.2) is 45.7 Å². The monoisotopic (exact) mass is 339 g/mol. The largest absolute Gasteiger partial charge is 0.461 e. The van der Waals surface area contributed by atoms with E-state index in [-0.39, 0.29) is 0 Å². The second kappa shape index (κ2) is 7.06. The Morgan fingerprint density at radius 3 is 3.16 bits per heavy atom. The summed E-state index contributed by atoms with van der Waals surface area (Å²) in [6.45, 7) is 5.72. The zero-order valence-electron chi connectivity index (χ0n) is 14.2. The van der Waals surface area contributed by atoms with Crippen LogP contribution in [0.4, 0.5) is 5.82 Å². The molecule has 0 radical (unpaired) electrons. The molecule has 1 aliphatic rings. The first-order chi connectivity index (χ1) is 12.3. The molecule has 7 nitrogen and oxygen atoms in total. The average molecular weight is 339 g/mol. The third-order valence-electron chi connectivity index (χ3n) is 4.43. The number of rotatable bonds is 6. The number of anilines is 1. The molecule has 1 saturated heterocycles. The zero-order valence-corrected chi connectivity index (χ0v) is 14.2. The Hall–Kier alpha value is -2.67. The first kappa shape index (κ1) is 15.8. The van der Waals surface area contributed by atoms with Crippen molar-refractivity contribution in [2.75, 3.05) is 25.0 Å².